The van der Waals surface area contributed by atoms with Gasteiger partial charge in [0.25, 0.3) is 0 Å². The molecule has 0 aliphatic heterocycles. The minimum Gasteiger partial charge on any atom is -0.357 e. The molecule has 124 valence electrons. The van der Waals surface area contributed by atoms with Crippen molar-refractivity contribution in [2.75, 3.05) is 6.54 Å². The summed E-state index contributed by atoms with van der Waals surface area (Å²) in [5.41, 5.74) is 1.63. The van der Waals surface area contributed by atoms with Crippen LogP contribution in [0.25, 0.3) is 0 Å². The molecule has 1 aromatic heterocycles. The fourth-order valence-corrected chi connectivity index (χ4v) is 3.67. The Hall–Kier alpha value is -1.10. The highest BCUT2D eigenvalue weighted by molar-refractivity contribution is 7.11. The summed E-state index contributed by atoms with van der Waals surface area (Å²) in [5, 5.41) is 8.05. The molecule has 1 aromatic rings. The first-order chi connectivity index (χ1) is 10.4. The second kappa shape index (κ2) is 7.44. The van der Waals surface area contributed by atoms with E-state index in [0.29, 0.717) is 18.0 Å². The third-order valence-corrected chi connectivity index (χ3v) is 5.53. The maximum Gasteiger partial charge on any atom is 0.191 e. The first-order valence-corrected chi connectivity index (χ1v) is 9.19. The van der Waals surface area contributed by atoms with Crippen molar-refractivity contribution in [1.29, 1.82) is 0 Å². The molecular formula is C17H30N4S. The lowest BCUT2D eigenvalue weighted by Gasteiger charge is -2.35. The van der Waals surface area contributed by atoms with Gasteiger partial charge in [0.2, 0.25) is 0 Å². The van der Waals surface area contributed by atoms with E-state index in [1.807, 2.05) is 0 Å². The number of nitrogens with zero attached hydrogens (tertiary/aromatic N) is 2. The fraction of sp³-hybridized carbons (Fsp3) is 0.765. The molecule has 0 unspecified atom stereocenters. The Labute approximate surface area is 138 Å². The molecule has 0 spiro atoms. The molecule has 0 aromatic carbocycles. The zero-order valence-electron chi connectivity index (χ0n) is 14.6. The minimum atomic E-state index is 0.504. The number of thiazole rings is 1. The van der Waals surface area contributed by atoms with Crippen molar-refractivity contribution in [3.8, 4) is 0 Å². The van der Waals surface area contributed by atoms with Gasteiger partial charge in [0.1, 0.15) is 5.01 Å². The molecule has 0 atom stereocenters. The van der Waals surface area contributed by atoms with Gasteiger partial charge in [0, 0.05) is 17.5 Å². The molecule has 2 N–H and O–H groups in total. The number of rotatable bonds is 4. The molecule has 1 heterocycles. The van der Waals surface area contributed by atoms with Gasteiger partial charge < -0.3 is 10.6 Å². The quantitative estimate of drug-likeness (QED) is 0.655. The van der Waals surface area contributed by atoms with Gasteiger partial charge in [-0.15, -0.1) is 11.3 Å². The maximum atomic E-state index is 4.71. The lowest BCUT2D eigenvalue weighted by atomic mass is 9.75. The molecule has 0 bridgehead atoms. The Balaban J connectivity index is 1.93. The van der Waals surface area contributed by atoms with E-state index in [0.717, 1.165) is 23.2 Å². The van der Waals surface area contributed by atoms with E-state index in [1.54, 1.807) is 11.3 Å². The highest BCUT2D eigenvalue weighted by Gasteiger charge is 2.27. The standard InChI is InChI=1S/C17H30N4S/c1-6-18-16(19-11-15-20-12(2)13(3)22-15)21-14-7-9-17(4,5)10-8-14/h14H,6-11H2,1-5H3,(H2,18,19,21). The smallest absolute Gasteiger partial charge is 0.191 e. The molecule has 1 aliphatic rings. The van der Waals surface area contributed by atoms with Crippen LogP contribution in [0.5, 0.6) is 0 Å². The molecule has 1 fully saturated rings. The van der Waals surface area contributed by atoms with Crippen LogP contribution in [0.4, 0.5) is 0 Å². The van der Waals surface area contributed by atoms with E-state index in [-0.39, 0.29) is 0 Å². The van der Waals surface area contributed by atoms with Crippen molar-refractivity contribution < 1.29 is 0 Å². The molecule has 0 saturated heterocycles. The molecule has 0 radical (unpaired) electrons. The average Bonchev–Trinajstić information content (AvgIpc) is 2.78. The summed E-state index contributed by atoms with van der Waals surface area (Å²) in [5.74, 6) is 0.928. The van der Waals surface area contributed by atoms with E-state index in [9.17, 15) is 0 Å². The number of hydrogen-bond acceptors (Lipinski definition) is 3. The molecular weight excluding hydrogens is 292 g/mol. The van der Waals surface area contributed by atoms with Gasteiger partial charge in [-0.3, -0.25) is 0 Å². The second-order valence-electron chi connectivity index (χ2n) is 7.03. The third-order valence-electron chi connectivity index (χ3n) is 4.47. The zero-order chi connectivity index (χ0) is 16.2. The summed E-state index contributed by atoms with van der Waals surface area (Å²) < 4.78 is 0. The van der Waals surface area contributed by atoms with Crippen molar-refractivity contribution in [3.63, 3.8) is 0 Å². The van der Waals surface area contributed by atoms with Gasteiger partial charge in [-0.05, 0) is 51.9 Å². The first-order valence-electron chi connectivity index (χ1n) is 8.37. The van der Waals surface area contributed by atoms with Gasteiger partial charge >= 0.3 is 0 Å². The van der Waals surface area contributed by atoms with Crippen LogP contribution in [0.3, 0.4) is 0 Å². The molecule has 0 amide bonds. The predicted octanol–water partition coefficient (Wildman–Crippen LogP) is 3.78. The highest BCUT2D eigenvalue weighted by Crippen LogP contribution is 2.34. The van der Waals surface area contributed by atoms with Crippen molar-refractivity contribution in [3.05, 3.63) is 15.6 Å². The number of aromatic nitrogens is 1. The van der Waals surface area contributed by atoms with E-state index in [1.165, 1.54) is 30.6 Å². The number of nitrogens with one attached hydrogen (secondary N) is 2. The van der Waals surface area contributed by atoms with Gasteiger partial charge in [-0.1, -0.05) is 13.8 Å². The van der Waals surface area contributed by atoms with E-state index in [2.05, 4.69) is 50.2 Å². The summed E-state index contributed by atoms with van der Waals surface area (Å²) in [6.45, 7) is 12.6. The van der Waals surface area contributed by atoms with E-state index in [4.69, 9.17) is 4.99 Å². The Morgan fingerprint density at radius 1 is 1.32 bits per heavy atom. The van der Waals surface area contributed by atoms with Gasteiger partial charge in [-0.25, -0.2) is 9.98 Å². The second-order valence-corrected chi connectivity index (χ2v) is 8.31. The lowest BCUT2D eigenvalue weighted by molar-refractivity contribution is 0.216. The van der Waals surface area contributed by atoms with Crippen LogP contribution in [0.15, 0.2) is 4.99 Å². The normalized spacial score (nSPS) is 19.2. The average molecular weight is 323 g/mol. The minimum absolute atomic E-state index is 0.504. The maximum absolute atomic E-state index is 4.71. The Morgan fingerprint density at radius 3 is 2.55 bits per heavy atom. The SMILES string of the molecule is CCNC(=NCc1nc(C)c(C)s1)NC1CCC(C)(C)CC1. The van der Waals surface area contributed by atoms with Crippen molar-refractivity contribution in [1.82, 2.24) is 15.6 Å². The topological polar surface area (TPSA) is 49.3 Å². The number of aliphatic imine (C=N–C) groups is 1. The number of guanidine groups is 1. The summed E-state index contributed by atoms with van der Waals surface area (Å²) in [4.78, 5) is 10.6. The summed E-state index contributed by atoms with van der Waals surface area (Å²) in [7, 11) is 0. The fourth-order valence-electron chi connectivity index (χ4n) is 2.81. The Kier molecular flexibility index (Phi) is 5.84. The Bertz CT molecular complexity index is 489. The molecule has 4 nitrogen and oxygen atoms in total. The third kappa shape index (κ3) is 4.97. The van der Waals surface area contributed by atoms with Crippen molar-refractivity contribution in [2.24, 2.45) is 10.4 Å². The van der Waals surface area contributed by atoms with Crippen LogP contribution < -0.4 is 10.6 Å². The molecule has 22 heavy (non-hydrogen) atoms. The highest BCUT2D eigenvalue weighted by atomic mass is 32.1. The van der Waals surface area contributed by atoms with Crippen LogP contribution in [0.1, 0.15) is 62.0 Å². The van der Waals surface area contributed by atoms with Crippen LogP contribution in [0.2, 0.25) is 0 Å². The van der Waals surface area contributed by atoms with Crippen LogP contribution in [0, 0.1) is 19.3 Å². The van der Waals surface area contributed by atoms with Gasteiger partial charge in [-0.2, -0.15) is 0 Å². The van der Waals surface area contributed by atoms with Crippen molar-refractivity contribution >= 4 is 17.3 Å². The van der Waals surface area contributed by atoms with Gasteiger partial charge in [0.05, 0.1) is 12.2 Å². The lowest BCUT2D eigenvalue weighted by Crippen LogP contribution is -2.45. The number of hydrogen-bond donors (Lipinski definition) is 2. The number of aryl methyl sites for hydroxylation is 2. The van der Waals surface area contributed by atoms with Crippen LogP contribution in [-0.4, -0.2) is 23.5 Å². The molecule has 5 heteroatoms. The molecule has 1 aliphatic carbocycles. The summed E-state index contributed by atoms with van der Waals surface area (Å²) in [6, 6.07) is 0.547. The predicted molar refractivity (Wildman–Crippen MR) is 95.6 cm³/mol. The van der Waals surface area contributed by atoms with Crippen LogP contribution >= 0.6 is 11.3 Å². The monoisotopic (exact) mass is 322 g/mol. The Morgan fingerprint density at radius 2 is 2.00 bits per heavy atom. The summed E-state index contributed by atoms with van der Waals surface area (Å²) >= 11 is 1.75. The first kappa shape index (κ1) is 17.3. The zero-order valence-corrected chi connectivity index (χ0v) is 15.4. The van der Waals surface area contributed by atoms with E-state index >= 15 is 0 Å². The van der Waals surface area contributed by atoms with Crippen LogP contribution in [-0.2, 0) is 6.54 Å². The molecule has 2 rings (SSSR count). The van der Waals surface area contributed by atoms with E-state index < -0.39 is 0 Å². The largest absolute Gasteiger partial charge is 0.357 e. The van der Waals surface area contributed by atoms with Crippen molar-refractivity contribution in [2.45, 2.75) is 72.9 Å². The molecule has 1 saturated carbocycles. The summed E-state index contributed by atoms with van der Waals surface area (Å²) in [6.07, 6.45) is 5.03. The van der Waals surface area contributed by atoms with Gasteiger partial charge in [0.15, 0.2) is 5.96 Å².